The van der Waals surface area contributed by atoms with Crippen molar-refractivity contribution in [2.45, 2.75) is 32.3 Å². The molecule has 0 saturated carbocycles. The van der Waals surface area contributed by atoms with Crippen LogP contribution in [0.15, 0.2) is 35.7 Å². The van der Waals surface area contributed by atoms with Crippen molar-refractivity contribution in [1.82, 2.24) is 4.98 Å². The van der Waals surface area contributed by atoms with Crippen LogP contribution in [0.4, 0.5) is 0 Å². The SMILES string of the molecule is CC(C)(C)c1csc(C(O)c2ccccc2)n1. The van der Waals surface area contributed by atoms with E-state index in [-0.39, 0.29) is 5.41 Å². The van der Waals surface area contributed by atoms with E-state index in [9.17, 15) is 5.11 Å². The van der Waals surface area contributed by atoms with E-state index in [0.29, 0.717) is 0 Å². The maximum Gasteiger partial charge on any atom is 0.131 e. The molecule has 1 unspecified atom stereocenters. The molecule has 0 saturated heterocycles. The quantitative estimate of drug-likeness (QED) is 0.880. The predicted molar refractivity (Wildman–Crippen MR) is 71.3 cm³/mol. The molecule has 0 aliphatic heterocycles. The molecule has 0 fully saturated rings. The third kappa shape index (κ3) is 2.73. The molecule has 1 heterocycles. The summed E-state index contributed by atoms with van der Waals surface area (Å²) in [6.45, 7) is 6.38. The molecule has 1 atom stereocenters. The number of nitrogens with zero attached hydrogens (tertiary/aromatic N) is 1. The van der Waals surface area contributed by atoms with Crippen LogP contribution in [0.1, 0.15) is 43.1 Å². The summed E-state index contributed by atoms with van der Waals surface area (Å²) in [5, 5.41) is 13.0. The Hall–Kier alpha value is -1.19. The number of aromatic nitrogens is 1. The predicted octanol–water partition coefficient (Wildman–Crippen LogP) is 3.52. The minimum atomic E-state index is -0.614. The average molecular weight is 247 g/mol. The molecule has 0 aliphatic rings. The molecular formula is C14H17NOS. The zero-order chi connectivity index (χ0) is 12.5. The minimum Gasteiger partial charge on any atom is -0.381 e. The highest BCUT2D eigenvalue weighted by Gasteiger charge is 2.20. The van der Waals surface area contributed by atoms with Crippen LogP contribution in [-0.4, -0.2) is 10.1 Å². The Morgan fingerprint density at radius 1 is 1.18 bits per heavy atom. The zero-order valence-electron chi connectivity index (χ0n) is 10.3. The molecule has 0 radical (unpaired) electrons. The average Bonchev–Trinajstić information content (AvgIpc) is 2.78. The van der Waals surface area contributed by atoms with Gasteiger partial charge in [0.25, 0.3) is 0 Å². The van der Waals surface area contributed by atoms with Gasteiger partial charge in [-0.05, 0) is 5.56 Å². The third-order valence-electron chi connectivity index (χ3n) is 2.64. The molecule has 1 aromatic heterocycles. The normalized spacial score (nSPS) is 13.6. The highest BCUT2D eigenvalue weighted by atomic mass is 32.1. The van der Waals surface area contributed by atoms with Crippen molar-refractivity contribution < 1.29 is 5.11 Å². The number of aliphatic hydroxyl groups is 1. The van der Waals surface area contributed by atoms with Crippen LogP contribution in [-0.2, 0) is 5.41 Å². The summed E-state index contributed by atoms with van der Waals surface area (Å²) in [5.41, 5.74) is 1.96. The molecule has 17 heavy (non-hydrogen) atoms. The molecule has 2 nitrogen and oxygen atoms in total. The fraction of sp³-hybridized carbons (Fsp3) is 0.357. The number of benzene rings is 1. The van der Waals surface area contributed by atoms with Crippen LogP contribution in [0.3, 0.4) is 0 Å². The molecule has 2 rings (SSSR count). The molecule has 0 aliphatic carbocycles. The number of aliphatic hydroxyl groups excluding tert-OH is 1. The lowest BCUT2D eigenvalue weighted by atomic mass is 9.93. The van der Waals surface area contributed by atoms with Crippen LogP contribution < -0.4 is 0 Å². The third-order valence-corrected chi connectivity index (χ3v) is 3.54. The number of thiazole rings is 1. The van der Waals surface area contributed by atoms with E-state index in [1.807, 2.05) is 35.7 Å². The maximum absolute atomic E-state index is 10.2. The highest BCUT2D eigenvalue weighted by molar-refractivity contribution is 7.09. The second-order valence-corrected chi connectivity index (χ2v) is 6.02. The van der Waals surface area contributed by atoms with E-state index in [0.717, 1.165) is 16.3 Å². The van der Waals surface area contributed by atoms with E-state index in [1.54, 1.807) is 0 Å². The van der Waals surface area contributed by atoms with Gasteiger partial charge in [0, 0.05) is 10.8 Å². The van der Waals surface area contributed by atoms with Crippen molar-refractivity contribution in [3.05, 3.63) is 52.0 Å². The van der Waals surface area contributed by atoms with Gasteiger partial charge in [0.2, 0.25) is 0 Å². The first-order valence-electron chi connectivity index (χ1n) is 5.67. The first-order chi connectivity index (χ1) is 7.98. The molecule has 0 amide bonds. The molecule has 0 bridgehead atoms. The standard InChI is InChI=1S/C14H17NOS/c1-14(2,3)11-9-17-13(15-11)12(16)10-7-5-4-6-8-10/h4-9,12,16H,1-3H3. The summed E-state index contributed by atoms with van der Waals surface area (Å²) < 4.78 is 0. The van der Waals surface area contributed by atoms with E-state index in [4.69, 9.17) is 0 Å². The van der Waals surface area contributed by atoms with Gasteiger partial charge in [-0.3, -0.25) is 0 Å². The topological polar surface area (TPSA) is 33.1 Å². The summed E-state index contributed by atoms with van der Waals surface area (Å²) in [7, 11) is 0. The Morgan fingerprint density at radius 2 is 1.82 bits per heavy atom. The molecular weight excluding hydrogens is 230 g/mol. The monoisotopic (exact) mass is 247 g/mol. The summed E-state index contributed by atoms with van der Waals surface area (Å²) in [5.74, 6) is 0. The summed E-state index contributed by atoms with van der Waals surface area (Å²) in [4.78, 5) is 4.53. The van der Waals surface area contributed by atoms with Crippen molar-refractivity contribution in [3.63, 3.8) is 0 Å². The van der Waals surface area contributed by atoms with Gasteiger partial charge in [0.1, 0.15) is 11.1 Å². The van der Waals surface area contributed by atoms with Crippen LogP contribution in [0.2, 0.25) is 0 Å². The molecule has 1 aromatic carbocycles. The smallest absolute Gasteiger partial charge is 0.131 e. The van der Waals surface area contributed by atoms with Gasteiger partial charge in [-0.2, -0.15) is 0 Å². The minimum absolute atomic E-state index is 0.0329. The van der Waals surface area contributed by atoms with E-state index in [1.165, 1.54) is 11.3 Å². The lowest BCUT2D eigenvalue weighted by Gasteiger charge is -2.14. The van der Waals surface area contributed by atoms with Crippen molar-refractivity contribution in [3.8, 4) is 0 Å². The lowest BCUT2D eigenvalue weighted by Crippen LogP contribution is -2.12. The summed E-state index contributed by atoms with van der Waals surface area (Å²) in [6, 6.07) is 9.64. The second kappa shape index (κ2) is 4.59. The fourth-order valence-electron chi connectivity index (χ4n) is 1.54. The van der Waals surface area contributed by atoms with Gasteiger partial charge >= 0.3 is 0 Å². The van der Waals surface area contributed by atoms with Crippen LogP contribution in [0.25, 0.3) is 0 Å². The molecule has 3 heteroatoms. The van der Waals surface area contributed by atoms with Crippen molar-refractivity contribution >= 4 is 11.3 Å². The van der Waals surface area contributed by atoms with Gasteiger partial charge in [-0.1, -0.05) is 51.1 Å². The highest BCUT2D eigenvalue weighted by Crippen LogP contribution is 2.29. The zero-order valence-corrected chi connectivity index (χ0v) is 11.2. The second-order valence-electron chi connectivity index (χ2n) is 5.13. The Bertz CT molecular complexity index is 484. The Balaban J connectivity index is 2.27. The molecule has 90 valence electrons. The molecule has 1 N–H and O–H groups in total. The largest absolute Gasteiger partial charge is 0.381 e. The Kier molecular flexibility index (Phi) is 3.31. The van der Waals surface area contributed by atoms with E-state index < -0.39 is 6.10 Å². The first-order valence-corrected chi connectivity index (χ1v) is 6.55. The van der Waals surface area contributed by atoms with E-state index >= 15 is 0 Å². The fourth-order valence-corrected chi connectivity index (χ4v) is 2.59. The first kappa shape index (κ1) is 12.3. The van der Waals surface area contributed by atoms with Crippen molar-refractivity contribution in [2.75, 3.05) is 0 Å². The van der Waals surface area contributed by atoms with Gasteiger partial charge < -0.3 is 5.11 Å². The Labute approximate surface area is 106 Å². The van der Waals surface area contributed by atoms with Crippen LogP contribution >= 0.6 is 11.3 Å². The maximum atomic E-state index is 10.2. The van der Waals surface area contributed by atoms with Gasteiger partial charge in [-0.15, -0.1) is 11.3 Å². The number of hydrogen-bond acceptors (Lipinski definition) is 3. The number of hydrogen-bond donors (Lipinski definition) is 1. The molecule has 0 spiro atoms. The van der Waals surface area contributed by atoms with Crippen molar-refractivity contribution in [2.24, 2.45) is 0 Å². The van der Waals surface area contributed by atoms with Gasteiger partial charge in [0.15, 0.2) is 0 Å². The van der Waals surface area contributed by atoms with E-state index in [2.05, 4.69) is 25.8 Å². The summed E-state index contributed by atoms with van der Waals surface area (Å²) in [6.07, 6.45) is -0.614. The van der Waals surface area contributed by atoms with Gasteiger partial charge in [0.05, 0.1) is 5.69 Å². The van der Waals surface area contributed by atoms with Crippen LogP contribution in [0, 0.1) is 0 Å². The van der Waals surface area contributed by atoms with Gasteiger partial charge in [-0.25, -0.2) is 4.98 Å². The van der Waals surface area contributed by atoms with Crippen molar-refractivity contribution in [1.29, 1.82) is 0 Å². The summed E-state index contributed by atoms with van der Waals surface area (Å²) >= 11 is 1.52. The Morgan fingerprint density at radius 3 is 2.35 bits per heavy atom. The number of rotatable bonds is 2. The molecule has 2 aromatic rings. The lowest BCUT2D eigenvalue weighted by molar-refractivity contribution is 0.219. The van der Waals surface area contributed by atoms with Crippen LogP contribution in [0.5, 0.6) is 0 Å².